The third kappa shape index (κ3) is 3.56. The highest BCUT2D eigenvalue weighted by Crippen LogP contribution is 2.54. The zero-order chi connectivity index (χ0) is 19.2. The lowest BCUT2D eigenvalue weighted by Crippen LogP contribution is -2.33. The quantitative estimate of drug-likeness (QED) is 0.518. The molecule has 0 nitrogen and oxygen atoms in total. The van der Waals surface area contributed by atoms with Crippen molar-refractivity contribution in [2.45, 2.75) is 84.0 Å². The first kappa shape index (κ1) is 19.3. The van der Waals surface area contributed by atoms with E-state index in [9.17, 15) is 4.39 Å². The maximum atomic E-state index is 15.1. The Balaban J connectivity index is 1.44. The SMILES string of the molecule is CCc1cc(F)c2c(c1)CC(C1CCC(C3CCC(C)CC3)CC1)C2(F)F. The Hall–Kier alpha value is -0.990. The molecule has 0 radical (unpaired) electrons. The molecule has 0 bridgehead atoms. The highest BCUT2D eigenvalue weighted by atomic mass is 19.3. The number of benzene rings is 1. The third-order valence-electron chi connectivity index (χ3n) is 7.99. The highest BCUT2D eigenvalue weighted by molar-refractivity contribution is 5.41. The van der Waals surface area contributed by atoms with Crippen LogP contribution in [0, 0.1) is 35.4 Å². The van der Waals surface area contributed by atoms with Crippen LogP contribution in [0.2, 0.25) is 0 Å². The Labute approximate surface area is 161 Å². The summed E-state index contributed by atoms with van der Waals surface area (Å²) < 4.78 is 44.7. The van der Waals surface area contributed by atoms with Gasteiger partial charge in [0.2, 0.25) is 0 Å². The lowest BCUT2D eigenvalue weighted by atomic mass is 9.67. The summed E-state index contributed by atoms with van der Waals surface area (Å²) in [5.74, 6) is -1.97. The van der Waals surface area contributed by atoms with E-state index < -0.39 is 17.7 Å². The van der Waals surface area contributed by atoms with Crippen LogP contribution in [-0.2, 0) is 18.8 Å². The van der Waals surface area contributed by atoms with Crippen molar-refractivity contribution < 1.29 is 13.2 Å². The molecule has 3 aliphatic rings. The number of hydrogen-bond acceptors (Lipinski definition) is 0. The molecule has 0 heterocycles. The highest BCUT2D eigenvalue weighted by Gasteiger charge is 2.53. The summed E-state index contributed by atoms with van der Waals surface area (Å²) >= 11 is 0. The maximum absolute atomic E-state index is 15.1. The average Bonchev–Trinajstić information content (AvgIpc) is 2.93. The molecular formula is C24H33F3. The van der Waals surface area contributed by atoms with Gasteiger partial charge in [0, 0.05) is 5.92 Å². The Morgan fingerprint density at radius 3 is 2.04 bits per heavy atom. The van der Waals surface area contributed by atoms with Gasteiger partial charge >= 0.3 is 0 Å². The molecule has 1 atom stereocenters. The van der Waals surface area contributed by atoms with E-state index in [2.05, 4.69) is 6.92 Å². The molecule has 0 aliphatic heterocycles. The second kappa shape index (κ2) is 7.44. The first-order valence-electron chi connectivity index (χ1n) is 11.1. The summed E-state index contributed by atoms with van der Waals surface area (Å²) in [6.07, 6.45) is 10.3. The second-order valence-corrected chi connectivity index (χ2v) is 9.59. The van der Waals surface area contributed by atoms with Crippen molar-refractivity contribution in [2.75, 3.05) is 0 Å². The summed E-state index contributed by atoms with van der Waals surface area (Å²) in [6.45, 7) is 4.29. The fourth-order valence-corrected chi connectivity index (χ4v) is 6.25. The lowest BCUT2D eigenvalue weighted by molar-refractivity contribution is -0.0853. The van der Waals surface area contributed by atoms with Gasteiger partial charge in [0.15, 0.2) is 0 Å². The van der Waals surface area contributed by atoms with Gasteiger partial charge in [-0.2, -0.15) is 0 Å². The number of alkyl halides is 2. The van der Waals surface area contributed by atoms with Gasteiger partial charge in [-0.15, -0.1) is 0 Å². The molecule has 0 amide bonds. The monoisotopic (exact) mass is 378 g/mol. The molecule has 1 unspecified atom stereocenters. The van der Waals surface area contributed by atoms with E-state index in [1.54, 1.807) is 0 Å². The normalized spacial score (nSPS) is 35.8. The molecule has 0 N–H and O–H groups in total. The van der Waals surface area contributed by atoms with Crippen LogP contribution < -0.4 is 0 Å². The van der Waals surface area contributed by atoms with Gasteiger partial charge in [-0.3, -0.25) is 0 Å². The standard InChI is InChI=1S/C24H33F3/c1-3-16-12-20-14-21(24(26,27)23(20)22(25)13-16)19-10-8-18(9-11-19)17-6-4-15(2)5-7-17/h12-13,15,17-19,21H,3-11,14H2,1-2H3. The Bertz CT molecular complexity index is 664. The minimum Gasteiger partial charge on any atom is -0.206 e. The molecule has 0 spiro atoms. The molecular weight excluding hydrogens is 345 g/mol. The largest absolute Gasteiger partial charge is 0.279 e. The van der Waals surface area contributed by atoms with E-state index in [0.717, 1.165) is 49.0 Å². The van der Waals surface area contributed by atoms with Crippen LogP contribution in [0.5, 0.6) is 0 Å². The molecule has 2 saturated carbocycles. The molecule has 0 aromatic heterocycles. The van der Waals surface area contributed by atoms with Crippen LogP contribution in [0.4, 0.5) is 13.2 Å². The molecule has 4 rings (SSSR count). The van der Waals surface area contributed by atoms with Gasteiger partial charge in [-0.1, -0.05) is 32.8 Å². The van der Waals surface area contributed by atoms with Crippen LogP contribution in [0.3, 0.4) is 0 Å². The lowest BCUT2D eigenvalue weighted by Gasteiger charge is -2.39. The average molecular weight is 379 g/mol. The topological polar surface area (TPSA) is 0 Å². The smallest absolute Gasteiger partial charge is 0.206 e. The Morgan fingerprint density at radius 1 is 0.889 bits per heavy atom. The van der Waals surface area contributed by atoms with Crippen molar-refractivity contribution in [2.24, 2.45) is 29.6 Å². The van der Waals surface area contributed by atoms with Crippen LogP contribution in [0.1, 0.15) is 81.9 Å². The van der Waals surface area contributed by atoms with Gasteiger partial charge in [-0.05, 0) is 92.2 Å². The van der Waals surface area contributed by atoms with Gasteiger partial charge in [0.05, 0.1) is 5.56 Å². The first-order chi connectivity index (χ1) is 12.9. The fourth-order valence-electron chi connectivity index (χ4n) is 6.25. The van der Waals surface area contributed by atoms with Crippen molar-refractivity contribution in [3.8, 4) is 0 Å². The predicted molar refractivity (Wildman–Crippen MR) is 103 cm³/mol. The third-order valence-corrected chi connectivity index (χ3v) is 7.99. The van der Waals surface area contributed by atoms with Crippen LogP contribution in [0.15, 0.2) is 12.1 Å². The zero-order valence-corrected chi connectivity index (χ0v) is 16.7. The number of rotatable bonds is 3. The molecule has 1 aromatic carbocycles. The van der Waals surface area contributed by atoms with Crippen molar-refractivity contribution in [3.63, 3.8) is 0 Å². The van der Waals surface area contributed by atoms with E-state index in [1.165, 1.54) is 31.7 Å². The number of hydrogen-bond donors (Lipinski definition) is 0. The minimum absolute atomic E-state index is 0.0376. The summed E-state index contributed by atoms with van der Waals surface area (Å²) in [4.78, 5) is 0. The van der Waals surface area contributed by atoms with Crippen LogP contribution >= 0.6 is 0 Å². The fraction of sp³-hybridized carbons (Fsp3) is 0.750. The molecule has 3 aliphatic carbocycles. The van der Waals surface area contributed by atoms with Crippen LogP contribution in [0.25, 0.3) is 0 Å². The summed E-state index contributed by atoms with van der Waals surface area (Å²) in [5, 5.41) is 0. The number of aryl methyl sites for hydroxylation is 1. The summed E-state index contributed by atoms with van der Waals surface area (Å²) in [7, 11) is 0. The Kier molecular flexibility index (Phi) is 5.33. The summed E-state index contributed by atoms with van der Waals surface area (Å²) in [5.41, 5.74) is 1.09. The first-order valence-corrected chi connectivity index (χ1v) is 11.1. The van der Waals surface area contributed by atoms with Crippen LogP contribution in [-0.4, -0.2) is 0 Å². The van der Waals surface area contributed by atoms with Gasteiger partial charge in [0.25, 0.3) is 5.92 Å². The maximum Gasteiger partial charge on any atom is 0.279 e. The molecule has 3 heteroatoms. The van der Waals surface area contributed by atoms with E-state index in [-0.39, 0.29) is 11.5 Å². The van der Waals surface area contributed by atoms with E-state index >= 15 is 8.78 Å². The Morgan fingerprint density at radius 2 is 1.44 bits per heavy atom. The van der Waals surface area contributed by atoms with Gasteiger partial charge in [0.1, 0.15) is 5.82 Å². The zero-order valence-electron chi connectivity index (χ0n) is 16.7. The van der Waals surface area contributed by atoms with Crippen molar-refractivity contribution in [1.29, 1.82) is 0 Å². The van der Waals surface area contributed by atoms with Gasteiger partial charge in [-0.25, -0.2) is 13.2 Å². The molecule has 0 saturated heterocycles. The van der Waals surface area contributed by atoms with E-state index in [0.29, 0.717) is 18.4 Å². The van der Waals surface area contributed by atoms with E-state index in [1.807, 2.05) is 13.0 Å². The van der Waals surface area contributed by atoms with Crippen molar-refractivity contribution in [3.05, 3.63) is 34.6 Å². The second-order valence-electron chi connectivity index (χ2n) is 9.59. The van der Waals surface area contributed by atoms with Crippen molar-refractivity contribution in [1.82, 2.24) is 0 Å². The molecule has 2 fully saturated rings. The van der Waals surface area contributed by atoms with E-state index in [4.69, 9.17) is 0 Å². The summed E-state index contributed by atoms with van der Waals surface area (Å²) in [6, 6.07) is 3.14. The number of fused-ring (bicyclic) bond motifs is 1. The van der Waals surface area contributed by atoms with Gasteiger partial charge < -0.3 is 0 Å². The van der Waals surface area contributed by atoms with Crippen molar-refractivity contribution >= 4 is 0 Å². The molecule has 27 heavy (non-hydrogen) atoms. The number of halogens is 3. The molecule has 1 aromatic rings. The molecule has 150 valence electrons. The predicted octanol–water partition coefficient (Wildman–Crippen LogP) is 7.28. The minimum atomic E-state index is -3.01.